The van der Waals surface area contributed by atoms with Gasteiger partial charge in [-0.1, -0.05) is 97.4 Å². The molecule has 3 aromatic rings. The van der Waals surface area contributed by atoms with Gasteiger partial charge in [-0.05, 0) is 43.9 Å². The first-order chi connectivity index (χ1) is 16.4. The SMILES string of the molecule is CC[C@H](C(=O)NC(C)C)N(Cc1ccc(C)cc1)C(=O)CC(c1ccccc1)c1ccccc1. The lowest BCUT2D eigenvalue weighted by Gasteiger charge is -2.32. The van der Waals surface area contributed by atoms with E-state index in [-0.39, 0.29) is 23.8 Å². The van der Waals surface area contributed by atoms with Crippen molar-refractivity contribution in [1.82, 2.24) is 10.2 Å². The van der Waals surface area contributed by atoms with E-state index >= 15 is 0 Å². The number of carbonyl (C=O) groups is 2. The Labute approximate surface area is 204 Å². The summed E-state index contributed by atoms with van der Waals surface area (Å²) >= 11 is 0. The van der Waals surface area contributed by atoms with Crippen LogP contribution < -0.4 is 5.32 Å². The van der Waals surface area contributed by atoms with Crippen molar-refractivity contribution >= 4 is 11.8 Å². The minimum Gasteiger partial charge on any atom is -0.352 e. The predicted molar refractivity (Wildman–Crippen MR) is 138 cm³/mol. The normalized spacial score (nSPS) is 11.9. The summed E-state index contributed by atoms with van der Waals surface area (Å²) in [6, 6.07) is 27.9. The molecule has 0 saturated carbocycles. The Balaban J connectivity index is 1.94. The van der Waals surface area contributed by atoms with Gasteiger partial charge in [-0.3, -0.25) is 9.59 Å². The van der Waals surface area contributed by atoms with Gasteiger partial charge in [-0.15, -0.1) is 0 Å². The summed E-state index contributed by atoms with van der Waals surface area (Å²) < 4.78 is 0. The molecule has 0 fully saturated rings. The summed E-state index contributed by atoms with van der Waals surface area (Å²) in [6.07, 6.45) is 0.850. The van der Waals surface area contributed by atoms with Crippen LogP contribution in [0.15, 0.2) is 84.9 Å². The van der Waals surface area contributed by atoms with Crippen LogP contribution in [0.4, 0.5) is 0 Å². The molecule has 1 atom stereocenters. The third kappa shape index (κ3) is 6.80. The molecule has 1 N–H and O–H groups in total. The summed E-state index contributed by atoms with van der Waals surface area (Å²) in [4.78, 5) is 28.8. The Hall–Kier alpha value is -3.40. The number of nitrogens with one attached hydrogen (secondary N) is 1. The van der Waals surface area contributed by atoms with Crippen molar-refractivity contribution < 1.29 is 9.59 Å². The molecule has 3 rings (SSSR count). The van der Waals surface area contributed by atoms with Crippen LogP contribution in [-0.2, 0) is 16.1 Å². The van der Waals surface area contributed by atoms with E-state index in [9.17, 15) is 9.59 Å². The van der Waals surface area contributed by atoms with Gasteiger partial charge >= 0.3 is 0 Å². The zero-order valence-electron chi connectivity index (χ0n) is 20.7. The molecule has 0 aromatic heterocycles. The second kappa shape index (κ2) is 12.2. The quantitative estimate of drug-likeness (QED) is 0.416. The topological polar surface area (TPSA) is 49.4 Å². The molecular formula is C30H36N2O2. The zero-order chi connectivity index (χ0) is 24.5. The first-order valence-corrected chi connectivity index (χ1v) is 12.1. The highest BCUT2D eigenvalue weighted by molar-refractivity contribution is 5.88. The monoisotopic (exact) mass is 456 g/mol. The number of benzene rings is 3. The molecule has 0 spiro atoms. The summed E-state index contributed by atoms with van der Waals surface area (Å²) in [5.74, 6) is -0.209. The molecular weight excluding hydrogens is 420 g/mol. The maximum Gasteiger partial charge on any atom is 0.243 e. The van der Waals surface area contributed by atoms with E-state index < -0.39 is 6.04 Å². The summed E-state index contributed by atoms with van der Waals surface area (Å²) in [7, 11) is 0. The van der Waals surface area contributed by atoms with Gasteiger partial charge in [0.15, 0.2) is 0 Å². The predicted octanol–water partition coefficient (Wildman–Crippen LogP) is 5.85. The second-order valence-corrected chi connectivity index (χ2v) is 9.17. The molecule has 0 unspecified atom stereocenters. The van der Waals surface area contributed by atoms with Gasteiger partial charge in [0.2, 0.25) is 11.8 Å². The molecule has 178 valence electrons. The van der Waals surface area contributed by atoms with Crippen molar-refractivity contribution in [3.63, 3.8) is 0 Å². The number of nitrogens with zero attached hydrogens (tertiary/aromatic N) is 1. The third-order valence-electron chi connectivity index (χ3n) is 6.07. The van der Waals surface area contributed by atoms with Gasteiger partial charge < -0.3 is 10.2 Å². The molecule has 3 aromatic carbocycles. The van der Waals surface area contributed by atoms with Crippen LogP contribution in [0.3, 0.4) is 0 Å². The van der Waals surface area contributed by atoms with Gasteiger partial charge in [0.25, 0.3) is 0 Å². The molecule has 0 saturated heterocycles. The number of aryl methyl sites for hydroxylation is 1. The third-order valence-corrected chi connectivity index (χ3v) is 6.07. The lowest BCUT2D eigenvalue weighted by Crippen LogP contribution is -2.50. The van der Waals surface area contributed by atoms with Crippen LogP contribution in [0, 0.1) is 6.92 Å². The Bertz CT molecular complexity index is 1010. The Morgan fingerprint density at radius 2 is 1.35 bits per heavy atom. The second-order valence-electron chi connectivity index (χ2n) is 9.17. The highest BCUT2D eigenvalue weighted by Crippen LogP contribution is 2.29. The number of rotatable bonds is 10. The Morgan fingerprint density at radius 3 is 1.82 bits per heavy atom. The molecule has 2 amide bonds. The average Bonchev–Trinajstić information content (AvgIpc) is 2.84. The minimum absolute atomic E-state index is 0.0132. The van der Waals surface area contributed by atoms with Crippen LogP contribution in [0.2, 0.25) is 0 Å². The van der Waals surface area contributed by atoms with E-state index in [1.807, 2.05) is 88.4 Å². The van der Waals surface area contributed by atoms with E-state index in [0.29, 0.717) is 19.4 Å². The standard InChI is InChI=1S/C30H36N2O2/c1-5-28(30(34)31-22(2)3)32(21-24-18-16-23(4)17-19-24)29(33)20-27(25-12-8-6-9-13-25)26-14-10-7-11-15-26/h6-19,22,27-28H,5,20-21H2,1-4H3,(H,31,34)/t28-/m1/s1. The highest BCUT2D eigenvalue weighted by atomic mass is 16.2. The Kier molecular flexibility index (Phi) is 9.03. The number of hydrogen-bond acceptors (Lipinski definition) is 2. The lowest BCUT2D eigenvalue weighted by atomic mass is 9.88. The van der Waals surface area contributed by atoms with Gasteiger partial charge in [0.05, 0.1) is 0 Å². The highest BCUT2D eigenvalue weighted by Gasteiger charge is 2.31. The fraction of sp³-hybridized carbons (Fsp3) is 0.333. The van der Waals surface area contributed by atoms with Gasteiger partial charge in [-0.2, -0.15) is 0 Å². The molecule has 0 heterocycles. The van der Waals surface area contributed by atoms with Crippen molar-refractivity contribution in [3.8, 4) is 0 Å². The molecule has 0 aliphatic carbocycles. The van der Waals surface area contributed by atoms with Gasteiger partial charge in [0, 0.05) is 24.9 Å². The van der Waals surface area contributed by atoms with E-state index in [2.05, 4.69) is 29.6 Å². The van der Waals surface area contributed by atoms with Gasteiger partial charge in [0.1, 0.15) is 6.04 Å². The summed E-state index contributed by atoms with van der Waals surface area (Å²) in [6.45, 7) is 8.29. The van der Waals surface area contributed by atoms with E-state index in [0.717, 1.165) is 16.7 Å². The number of amides is 2. The van der Waals surface area contributed by atoms with Crippen molar-refractivity contribution in [1.29, 1.82) is 0 Å². The van der Waals surface area contributed by atoms with Crippen molar-refractivity contribution in [3.05, 3.63) is 107 Å². The molecule has 0 aliphatic heterocycles. The van der Waals surface area contributed by atoms with Crippen molar-refractivity contribution in [2.75, 3.05) is 0 Å². The molecule has 0 radical (unpaired) electrons. The Morgan fingerprint density at radius 1 is 0.824 bits per heavy atom. The van der Waals surface area contributed by atoms with E-state index in [1.165, 1.54) is 5.56 Å². The van der Waals surface area contributed by atoms with E-state index in [4.69, 9.17) is 0 Å². The fourth-order valence-corrected chi connectivity index (χ4v) is 4.28. The zero-order valence-corrected chi connectivity index (χ0v) is 20.7. The molecule has 0 bridgehead atoms. The number of carbonyl (C=O) groups excluding carboxylic acids is 2. The maximum absolute atomic E-state index is 13.9. The molecule has 4 nitrogen and oxygen atoms in total. The summed E-state index contributed by atoms with van der Waals surface area (Å²) in [5.41, 5.74) is 4.37. The number of hydrogen-bond donors (Lipinski definition) is 1. The summed E-state index contributed by atoms with van der Waals surface area (Å²) in [5, 5.41) is 3.01. The fourth-order valence-electron chi connectivity index (χ4n) is 4.28. The van der Waals surface area contributed by atoms with Crippen LogP contribution in [0.25, 0.3) is 0 Å². The minimum atomic E-state index is -0.525. The van der Waals surface area contributed by atoms with E-state index in [1.54, 1.807) is 4.90 Å². The smallest absolute Gasteiger partial charge is 0.243 e. The first kappa shape index (κ1) is 25.2. The van der Waals surface area contributed by atoms with Crippen molar-refractivity contribution in [2.45, 2.75) is 65.1 Å². The maximum atomic E-state index is 13.9. The van der Waals surface area contributed by atoms with Crippen LogP contribution >= 0.6 is 0 Å². The van der Waals surface area contributed by atoms with Crippen molar-refractivity contribution in [2.24, 2.45) is 0 Å². The van der Waals surface area contributed by atoms with Crippen LogP contribution in [0.5, 0.6) is 0 Å². The van der Waals surface area contributed by atoms with Gasteiger partial charge in [-0.25, -0.2) is 0 Å². The van der Waals surface area contributed by atoms with Crippen LogP contribution in [0.1, 0.15) is 61.8 Å². The largest absolute Gasteiger partial charge is 0.352 e. The molecule has 0 aliphatic rings. The molecule has 34 heavy (non-hydrogen) atoms. The lowest BCUT2D eigenvalue weighted by molar-refractivity contribution is -0.141. The van der Waals surface area contributed by atoms with Crippen LogP contribution in [-0.4, -0.2) is 28.8 Å². The average molecular weight is 457 g/mol. The molecule has 4 heteroatoms. The first-order valence-electron chi connectivity index (χ1n) is 12.1.